The van der Waals surface area contributed by atoms with Crippen LogP contribution in [0.2, 0.25) is 5.02 Å². The smallest absolute Gasteiger partial charge is 0.325 e. The third-order valence-electron chi connectivity index (χ3n) is 3.88. The quantitative estimate of drug-likeness (QED) is 0.753. The minimum atomic E-state index is -0.445. The minimum absolute atomic E-state index is 0.0701. The average molecular weight is 346 g/mol. The highest BCUT2D eigenvalue weighted by atomic mass is 35.5. The zero-order valence-corrected chi connectivity index (χ0v) is 14.5. The van der Waals surface area contributed by atoms with Crippen molar-refractivity contribution in [3.63, 3.8) is 0 Å². The largest absolute Gasteiger partial charge is 0.468 e. The van der Waals surface area contributed by atoms with Gasteiger partial charge in [0.25, 0.3) is 0 Å². The Morgan fingerprint density at radius 1 is 1.08 bits per heavy atom. The van der Waals surface area contributed by atoms with Gasteiger partial charge in [-0.15, -0.1) is 0 Å². The van der Waals surface area contributed by atoms with E-state index in [0.717, 1.165) is 11.1 Å². The second-order valence-corrected chi connectivity index (χ2v) is 5.92. The van der Waals surface area contributed by atoms with E-state index in [1.807, 2.05) is 54.6 Å². The maximum absolute atomic E-state index is 12.5. The Kier molecular flexibility index (Phi) is 6.38. The topological polar surface area (TPSA) is 46.6 Å². The molecule has 0 fully saturated rings. The van der Waals surface area contributed by atoms with Crippen LogP contribution in [0.4, 0.5) is 0 Å². The molecule has 1 amide bonds. The Hall–Kier alpha value is -2.33. The van der Waals surface area contributed by atoms with Crippen molar-refractivity contribution < 1.29 is 14.3 Å². The molecular weight excluding hydrogens is 326 g/mol. The number of carbonyl (C=O) groups is 2. The number of likely N-dealkylation sites (N-methyl/N-ethyl adjacent to an activating group) is 1. The SMILES string of the molecule is COC(=O)CN(C)C(=O)CC(c1ccccc1)c1ccccc1Cl. The molecule has 4 nitrogen and oxygen atoms in total. The van der Waals surface area contributed by atoms with Crippen LogP contribution in [-0.4, -0.2) is 37.5 Å². The summed E-state index contributed by atoms with van der Waals surface area (Å²) in [4.78, 5) is 25.3. The van der Waals surface area contributed by atoms with E-state index in [2.05, 4.69) is 4.74 Å². The Morgan fingerprint density at radius 2 is 1.71 bits per heavy atom. The van der Waals surface area contributed by atoms with Gasteiger partial charge < -0.3 is 9.64 Å². The molecule has 2 rings (SSSR count). The molecule has 0 aliphatic rings. The van der Waals surface area contributed by atoms with Gasteiger partial charge in [0.1, 0.15) is 6.54 Å². The number of hydrogen-bond donors (Lipinski definition) is 0. The summed E-state index contributed by atoms with van der Waals surface area (Å²) >= 11 is 6.34. The first-order valence-corrected chi connectivity index (χ1v) is 8.01. The van der Waals surface area contributed by atoms with Crippen LogP contribution in [0.15, 0.2) is 54.6 Å². The van der Waals surface area contributed by atoms with Gasteiger partial charge in [0.2, 0.25) is 5.91 Å². The van der Waals surface area contributed by atoms with Gasteiger partial charge in [0.15, 0.2) is 0 Å². The van der Waals surface area contributed by atoms with Gasteiger partial charge in [0.05, 0.1) is 7.11 Å². The molecule has 0 bridgehead atoms. The number of halogens is 1. The van der Waals surface area contributed by atoms with Crippen molar-refractivity contribution in [1.82, 2.24) is 4.90 Å². The number of amides is 1. The summed E-state index contributed by atoms with van der Waals surface area (Å²) in [5, 5.41) is 0.620. The Labute approximate surface area is 147 Å². The van der Waals surface area contributed by atoms with Crippen LogP contribution in [0.1, 0.15) is 23.5 Å². The van der Waals surface area contributed by atoms with Crippen LogP contribution in [0.5, 0.6) is 0 Å². The highest BCUT2D eigenvalue weighted by molar-refractivity contribution is 6.31. The summed E-state index contributed by atoms with van der Waals surface area (Å²) in [6.45, 7) is -0.0701. The molecule has 0 aliphatic heterocycles. The van der Waals surface area contributed by atoms with E-state index in [4.69, 9.17) is 11.6 Å². The van der Waals surface area contributed by atoms with Crippen molar-refractivity contribution in [2.75, 3.05) is 20.7 Å². The highest BCUT2D eigenvalue weighted by Crippen LogP contribution is 2.33. The molecule has 0 aliphatic carbocycles. The summed E-state index contributed by atoms with van der Waals surface area (Å²) in [7, 11) is 2.89. The summed E-state index contributed by atoms with van der Waals surface area (Å²) in [5.74, 6) is -0.762. The molecule has 1 atom stereocenters. The van der Waals surface area contributed by atoms with Crippen molar-refractivity contribution in [2.24, 2.45) is 0 Å². The van der Waals surface area contributed by atoms with E-state index in [-0.39, 0.29) is 24.8 Å². The summed E-state index contributed by atoms with van der Waals surface area (Å²) in [6, 6.07) is 17.2. The zero-order chi connectivity index (χ0) is 17.5. The number of carbonyl (C=O) groups excluding carboxylic acids is 2. The number of rotatable bonds is 6. The molecule has 2 aromatic rings. The fourth-order valence-corrected chi connectivity index (χ4v) is 2.79. The second kappa shape index (κ2) is 8.50. The van der Waals surface area contributed by atoms with Crippen LogP contribution in [0.3, 0.4) is 0 Å². The first-order valence-electron chi connectivity index (χ1n) is 7.63. The number of nitrogens with zero attached hydrogens (tertiary/aromatic N) is 1. The van der Waals surface area contributed by atoms with E-state index >= 15 is 0 Å². The monoisotopic (exact) mass is 345 g/mol. The first kappa shape index (κ1) is 18.0. The Balaban J connectivity index is 2.26. The molecular formula is C19H20ClNO3. The lowest BCUT2D eigenvalue weighted by molar-refractivity contribution is -0.146. The van der Waals surface area contributed by atoms with Gasteiger partial charge in [0, 0.05) is 24.4 Å². The molecule has 0 radical (unpaired) electrons. The number of hydrogen-bond acceptors (Lipinski definition) is 3. The summed E-state index contributed by atoms with van der Waals surface area (Å²) in [5.41, 5.74) is 1.90. The fourth-order valence-electron chi connectivity index (χ4n) is 2.53. The summed E-state index contributed by atoms with van der Waals surface area (Å²) < 4.78 is 4.61. The molecule has 0 saturated carbocycles. The zero-order valence-electron chi connectivity index (χ0n) is 13.7. The van der Waals surface area contributed by atoms with Crippen molar-refractivity contribution in [3.8, 4) is 0 Å². The van der Waals surface area contributed by atoms with Gasteiger partial charge in [-0.25, -0.2) is 0 Å². The molecule has 126 valence electrons. The molecule has 2 aromatic carbocycles. The molecule has 1 unspecified atom stereocenters. The predicted molar refractivity (Wildman–Crippen MR) is 94.0 cm³/mol. The van der Waals surface area contributed by atoms with Crippen LogP contribution in [0, 0.1) is 0 Å². The third kappa shape index (κ3) is 4.59. The molecule has 0 saturated heterocycles. The molecule has 0 N–H and O–H groups in total. The summed E-state index contributed by atoms with van der Waals surface area (Å²) in [6.07, 6.45) is 0.223. The molecule has 0 aromatic heterocycles. The predicted octanol–water partition coefficient (Wildman–Crippen LogP) is 3.49. The second-order valence-electron chi connectivity index (χ2n) is 5.51. The van der Waals surface area contributed by atoms with Crippen molar-refractivity contribution in [3.05, 3.63) is 70.7 Å². The Morgan fingerprint density at radius 3 is 2.33 bits per heavy atom. The number of esters is 1. The number of benzene rings is 2. The first-order chi connectivity index (χ1) is 11.5. The van der Waals surface area contributed by atoms with E-state index in [1.165, 1.54) is 12.0 Å². The van der Waals surface area contributed by atoms with Crippen LogP contribution < -0.4 is 0 Å². The lowest BCUT2D eigenvalue weighted by Crippen LogP contribution is -2.33. The van der Waals surface area contributed by atoms with Gasteiger partial charge in [-0.05, 0) is 17.2 Å². The van der Waals surface area contributed by atoms with Crippen molar-refractivity contribution >= 4 is 23.5 Å². The van der Waals surface area contributed by atoms with E-state index in [0.29, 0.717) is 5.02 Å². The molecule has 5 heteroatoms. The number of ether oxygens (including phenoxy) is 1. The standard InChI is InChI=1S/C19H20ClNO3/c1-21(13-19(23)24-2)18(22)12-16(14-8-4-3-5-9-14)15-10-6-7-11-17(15)20/h3-11,16H,12-13H2,1-2H3. The van der Waals surface area contributed by atoms with Gasteiger partial charge in [-0.2, -0.15) is 0 Å². The van der Waals surface area contributed by atoms with Crippen molar-refractivity contribution in [1.29, 1.82) is 0 Å². The van der Waals surface area contributed by atoms with Gasteiger partial charge in [-0.1, -0.05) is 60.1 Å². The van der Waals surface area contributed by atoms with Gasteiger partial charge in [-0.3, -0.25) is 9.59 Å². The maximum atomic E-state index is 12.5. The Bertz CT molecular complexity index is 703. The highest BCUT2D eigenvalue weighted by Gasteiger charge is 2.23. The van der Waals surface area contributed by atoms with Crippen LogP contribution in [0.25, 0.3) is 0 Å². The molecule has 24 heavy (non-hydrogen) atoms. The molecule has 0 spiro atoms. The maximum Gasteiger partial charge on any atom is 0.325 e. The van der Waals surface area contributed by atoms with E-state index < -0.39 is 5.97 Å². The van der Waals surface area contributed by atoms with Crippen LogP contribution >= 0.6 is 11.6 Å². The van der Waals surface area contributed by atoms with E-state index in [9.17, 15) is 9.59 Å². The minimum Gasteiger partial charge on any atom is -0.468 e. The van der Waals surface area contributed by atoms with Crippen LogP contribution in [-0.2, 0) is 14.3 Å². The van der Waals surface area contributed by atoms with Gasteiger partial charge >= 0.3 is 5.97 Å². The molecule has 0 heterocycles. The number of methoxy groups -OCH3 is 1. The normalized spacial score (nSPS) is 11.6. The van der Waals surface area contributed by atoms with Crippen molar-refractivity contribution in [2.45, 2.75) is 12.3 Å². The fraction of sp³-hybridized carbons (Fsp3) is 0.263. The lowest BCUT2D eigenvalue weighted by Gasteiger charge is -2.22. The third-order valence-corrected chi connectivity index (χ3v) is 4.23. The average Bonchev–Trinajstić information content (AvgIpc) is 2.60. The lowest BCUT2D eigenvalue weighted by atomic mass is 9.88. The van der Waals surface area contributed by atoms with E-state index in [1.54, 1.807) is 7.05 Å².